The maximum Gasteiger partial charge on any atom is 0.336 e. The van der Waals surface area contributed by atoms with Crippen LogP contribution in [-0.2, 0) is 11.3 Å². The normalized spacial score (nSPS) is 11.2. The summed E-state index contributed by atoms with van der Waals surface area (Å²) < 4.78 is 2.52. The SMILES string of the molecule is CCCNC(=O)Cn1c(=O)n(-c2ccc(C(C)C)cc2)c(=O)c2cc(C)ccc21. The van der Waals surface area contributed by atoms with Gasteiger partial charge in [-0.05, 0) is 49.1 Å². The summed E-state index contributed by atoms with van der Waals surface area (Å²) in [6.07, 6.45) is 0.808. The molecule has 0 saturated carbocycles. The van der Waals surface area contributed by atoms with Gasteiger partial charge in [-0.3, -0.25) is 14.2 Å². The van der Waals surface area contributed by atoms with E-state index in [1.165, 1.54) is 4.57 Å². The van der Waals surface area contributed by atoms with Gasteiger partial charge in [0.2, 0.25) is 5.91 Å². The largest absolute Gasteiger partial charge is 0.355 e. The van der Waals surface area contributed by atoms with E-state index in [9.17, 15) is 14.4 Å². The van der Waals surface area contributed by atoms with Gasteiger partial charge in [0.05, 0.1) is 16.6 Å². The van der Waals surface area contributed by atoms with Crippen molar-refractivity contribution in [2.45, 2.75) is 46.6 Å². The van der Waals surface area contributed by atoms with E-state index in [1.807, 2.05) is 32.0 Å². The number of rotatable bonds is 6. The van der Waals surface area contributed by atoms with Crippen LogP contribution in [0.2, 0.25) is 0 Å². The van der Waals surface area contributed by atoms with Crippen LogP contribution in [0.5, 0.6) is 0 Å². The summed E-state index contributed by atoms with van der Waals surface area (Å²) in [5.41, 5.74) is 2.10. The maximum atomic E-state index is 13.3. The Kier molecular flexibility index (Phi) is 6.01. The molecule has 1 heterocycles. The number of carbonyl (C=O) groups is 1. The maximum absolute atomic E-state index is 13.3. The molecule has 29 heavy (non-hydrogen) atoms. The predicted octanol–water partition coefficient (Wildman–Crippen LogP) is 3.11. The molecule has 0 unspecified atom stereocenters. The molecule has 0 fully saturated rings. The van der Waals surface area contributed by atoms with E-state index in [-0.39, 0.29) is 18.0 Å². The first-order chi connectivity index (χ1) is 13.8. The lowest BCUT2D eigenvalue weighted by Gasteiger charge is -2.15. The van der Waals surface area contributed by atoms with Crippen LogP contribution in [0, 0.1) is 6.92 Å². The fourth-order valence-electron chi connectivity index (χ4n) is 3.34. The second-order valence-electron chi connectivity index (χ2n) is 7.63. The first kappa shape index (κ1) is 20.6. The molecule has 0 aliphatic heterocycles. The molecule has 152 valence electrons. The van der Waals surface area contributed by atoms with Gasteiger partial charge in [0.1, 0.15) is 6.54 Å². The lowest BCUT2D eigenvalue weighted by Crippen LogP contribution is -2.42. The molecule has 0 bridgehead atoms. The topological polar surface area (TPSA) is 73.1 Å². The Hall–Kier alpha value is -3.15. The highest BCUT2D eigenvalue weighted by Gasteiger charge is 2.17. The highest BCUT2D eigenvalue weighted by molar-refractivity contribution is 5.82. The fraction of sp³-hybridized carbons (Fsp3) is 0.348. The molecule has 6 heteroatoms. The molecular weight excluding hydrogens is 366 g/mol. The van der Waals surface area contributed by atoms with Gasteiger partial charge in [-0.15, -0.1) is 0 Å². The monoisotopic (exact) mass is 393 g/mol. The van der Waals surface area contributed by atoms with Crippen molar-refractivity contribution >= 4 is 16.8 Å². The van der Waals surface area contributed by atoms with Gasteiger partial charge in [0.15, 0.2) is 0 Å². The smallest absolute Gasteiger partial charge is 0.336 e. The first-order valence-corrected chi connectivity index (χ1v) is 9.96. The van der Waals surface area contributed by atoms with Crippen molar-refractivity contribution in [2.24, 2.45) is 0 Å². The molecule has 0 saturated heterocycles. The van der Waals surface area contributed by atoms with Crippen molar-refractivity contribution < 1.29 is 4.79 Å². The number of nitrogens with zero attached hydrogens (tertiary/aromatic N) is 2. The summed E-state index contributed by atoms with van der Waals surface area (Å²) in [5.74, 6) is 0.0927. The summed E-state index contributed by atoms with van der Waals surface area (Å²) in [4.78, 5) is 38.8. The Balaban J connectivity index is 2.23. The number of benzene rings is 2. The second-order valence-corrected chi connectivity index (χ2v) is 7.63. The molecule has 1 aromatic heterocycles. The summed E-state index contributed by atoms with van der Waals surface area (Å²) >= 11 is 0. The fourth-order valence-corrected chi connectivity index (χ4v) is 3.34. The van der Waals surface area contributed by atoms with E-state index < -0.39 is 5.69 Å². The van der Waals surface area contributed by atoms with E-state index in [0.29, 0.717) is 29.1 Å². The molecule has 1 amide bonds. The molecule has 3 aromatic rings. The van der Waals surface area contributed by atoms with Crippen LogP contribution >= 0.6 is 0 Å². The lowest BCUT2D eigenvalue weighted by atomic mass is 10.0. The third-order valence-electron chi connectivity index (χ3n) is 4.99. The second kappa shape index (κ2) is 8.47. The van der Waals surface area contributed by atoms with Crippen LogP contribution in [0.1, 0.15) is 44.2 Å². The zero-order valence-corrected chi connectivity index (χ0v) is 17.4. The van der Waals surface area contributed by atoms with Crippen molar-refractivity contribution in [3.8, 4) is 5.69 Å². The van der Waals surface area contributed by atoms with E-state index in [2.05, 4.69) is 19.2 Å². The van der Waals surface area contributed by atoms with E-state index >= 15 is 0 Å². The zero-order valence-electron chi connectivity index (χ0n) is 17.4. The number of hydrogen-bond donors (Lipinski definition) is 1. The first-order valence-electron chi connectivity index (χ1n) is 9.96. The van der Waals surface area contributed by atoms with E-state index in [4.69, 9.17) is 0 Å². The molecule has 0 radical (unpaired) electrons. The molecule has 2 aromatic carbocycles. The van der Waals surface area contributed by atoms with E-state index in [1.54, 1.807) is 24.3 Å². The summed E-state index contributed by atoms with van der Waals surface area (Å²) in [5, 5.41) is 3.21. The Bertz CT molecular complexity index is 1150. The number of aromatic nitrogens is 2. The van der Waals surface area contributed by atoms with Gasteiger partial charge in [-0.2, -0.15) is 0 Å². The number of amides is 1. The minimum atomic E-state index is -0.518. The van der Waals surface area contributed by atoms with Crippen LogP contribution in [0.15, 0.2) is 52.1 Å². The molecular formula is C23H27N3O3. The van der Waals surface area contributed by atoms with Crippen molar-refractivity contribution in [1.82, 2.24) is 14.5 Å². The zero-order chi connectivity index (χ0) is 21.1. The van der Waals surface area contributed by atoms with Gasteiger partial charge >= 0.3 is 5.69 Å². The minimum absolute atomic E-state index is 0.136. The van der Waals surface area contributed by atoms with Gasteiger partial charge in [0, 0.05) is 6.54 Å². The quantitative estimate of drug-likeness (QED) is 0.699. The highest BCUT2D eigenvalue weighted by atomic mass is 16.2. The Labute approximate surface area is 169 Å². The number of aryl methyl sites for hydroxylation is 1. The van der Waals surface area contributed by atoms with Gasteiger partial charge in [0.25, 0.3) is 5.56 Å². The third-order valence-corrected chi connectivity index (χ3v) is 4.99. The van der Waals surface area contributed by atoms with Gasteiger partial charge in [-0.1, -0.05) is 44.5 Å². The lowest BCUT2D eigenvalue weighted by molar-refractivity contribution is -0.121. The summed E-state index contributed by atoms with van der Waals surface area (Å²) in [7, 11) is 0. The van der Waals surface area contributed by atoms with Crippen LogP contribution in [0.4, 0.5) is 0 Å². The average molecular weight is 393 g/mol. The summed E-state index contributed by atoms with van der Waals surface area (Å²) in [6, 6.07) is 12.7. The molecule has 1 N–H and O–H groups in total. The molecule has 0 aliphatic carbocycles. The number of nitrogens with one attached hydrogen (secondary N) is 1. The molecule has 0 atom stereocenters. The van der Waals surface area contributed by atoms with Gasteiger partial charge in [-0.25, -0.2) is 9.36 Å². The van der Waals surface area contributed by atoms with Crippen molar-refractivity contribution in [1.29, 1.82) is 0 Å². The van der Waals surface area contributed by atoms with Crippen molar-refractivity contribution in [3.63, 3.8) is 0 Å². The molecule has 0 spiro atoms. The Morgan fingerprint density at radius 3 is 2.38 bits per heavy atom. The number of carbonyl (C=O) groups excluding carboxylic acids is 1. The Morgan fingerprint density at radius 1 is 1.07 bits per heavy atom. The number of fused-ring (bicyclic) bond motifs is 1. The summed E-state index contributed by atoms with van der Waals surface area (Å²) in [6.45, 7) is 8.43. The average Bonchev–Trinajstić information content (AvgIpc) is 2.70. The molecule has 0 aliphatic rings. The van der Waals surface area contributed by atoms with Crippen LogP contribution in [0.25, 0.3) is 16.6 Å². The van der Waals surface area contributed by atoms with Gasteiger partial charge < -0.3 is 5.32 Å². The van der Waals surface area contributed by atoms with Crippen LogP contribution in [-0.4, -0.2) is 21.6 Å². The highest BCUT2D eigenvalue weighted by Crippen LogP contribution is 2.17. The standard InChI is InChI=1S/C23H27N3O3/c1-5-12-24-21(27)14-25-20-11-6-16(4)13-19(20)22(28)26(23(25)29)18-9-7-17(8-10-18)15(2)3/h6-11,13,15H,5,12,14H2,1-4H3,(H,24,27). The predicted molar refractivity (Wildman–Crippen MR) is 116 cm³/mol. The minimum Gasteiger partial charge on any atom is -0.355 e. The van der Waals surface area contributed by atoms with Crippen molar-refractivity contribution in [2.75, 3.05) is 6.54 Å². The van der Waals surface area contributed by atoms with Crippen LogP contribution < -0.4 is 16.6 Å². The van der Waals surface area contributed by atoms with Crippen molar-refractivity contribution in [3.05, 3.63) is 74.4 Å². The van der Waals surface area contributed by atoms with Crippen LogP contribution in [0.3, 0.4) is 0 Å². The van der Waals surface area contributed by atoms with E-state index in [0.717, 1.165) is 22.1 Å². The Morgan fingerprint density at radius 2 is 1.76 bits per heavy atom. The number of hydrogen-bond acceptors (Lipinski definition) is 3. The molecule has 3 rings (SSSR count). The third kappa shape index (κ3) is 4.16. The molecule has 6 nitrogen and oxygen atoms in total.